The number of amides is 1. The van der Waals surface area contributed by atoms with E-state index >= 15 is 0 Å². The van der Waals surface area contributed by atoms with Crippen LogP contribution < -0.4 is 14.8 Å². The van der Waals surface area contributed by atoms with Crippen LogP contribution in [0.1, 0.15) is 24.2 Å². The van der Waals surface area contributed by atoms with Crippen molar-refractivity contribution in [3.63, 3.8) is 0 Å². The molecule has 0 atom stereocenters. The molecule has 0 saturated carbocycles. The van der Waals surface area contributed by atoms with E-state index in [2.05, 4.69) is 24.1 Å². The Morgan fingerprint density at radius 3 is 2.54 bits per heavy atom. The number of fused-ring (bicyclic) bond motifs is 2. The topological polar surface area (TPSA) is 60.5 Å². The van der Waals surface area contributed by atoms with Crippen LogP contribution in [-0.4, -0.2) is 29.4 Å². The lowest BCUT2D eigenvalue weighted by Crippen LogP contribution is -2.15. The molecule has 0 radical (unpaired) electrons. The first kappa shape index (κ1) is 17.2. The van der Waals surface area contributed by atoms with Crippen molar-refractivity contribution in [2.45, 2.75) is 24.0 Å². The van der Waals surface area contributed by atoms with Gasteiger partial charge in [0, 0.05) is 27.8 Å². The maximum Gasteiger partial charge on any atom is 0.257 e. The summed E-state index contributed by atoms with van der Waals surface area (Å²) in [5.74, 6) is 1.26. The number of benzene rings is 2. The Kier molecular flexibility index (Phi) is 4.74. The van der Waals surface area contributed by atoms with Gasteiger partial charge in [-0.3, -0.25) is 10.1 Å². The average molecular weight is 386 g/mol. The van der Waals surface area contributed by atoms with E-state index in [1.165, 1.54) is 11.3 Å². The molecule has 7 heteroatoms. The smallest absolute Gasteiger partial charge is 0.257 e. The van der Waals surface area contributed by atoms with Gasteiger partial charge >= 0.3 is 0 Å². The van der Waals surface area contributed by atoms with Crippen LogP contribution in [0.5, 0.6) is 11.5 Å². The molecule has 5 nitrogen and oxygen atoms in total. The lowest BCUT2D eigenvalue weighted by molar-refractivity contribution is 0.102. The fourth-order valence-electron chi connectivity index (χ4n) is 2.64. The fraction of sp³-hybridized carbons (Fsp3) is 0.263. The van der Waals surface area contributed by atoms with E-state index in [1.807, 2.05) is 36.4 Å². The quantitative estimate of drug-likeness (QED) is 0.652. The number of thioether (sulfide) groups is 1. The Morgan fingerprint density at radius 1 is 1.15 bits per heavy atom. The molecule has 2 heterocycles. The monoisotopic (exact) mass is 386 g/mol. The zero-order valence-electron chi connectivity index (χ0n) is 14.4. The third-order valence-corrected chi connectivity index (χ3v) is 5.71. The number of hydrogen-bond donors (Lipinski definition) is 1. The molecule has 134 valence electrons. The Morgan fingerprint density at radius 2 is 1.85 bits per heavy atom. The molecule has 3 aromatic rings. The second kappa shape index (κ2) is 7.17. The van der Waals surface area contributed by atoms with Crippen molar-refractivity contribution in [1.29, 1.82) is 0 Å². The molecule has 1 aliphatic rings. The van der Waals surface area contributed by atoms with E-state index in [0.717, 1.165) is 20.9 Å². The van der Waals surface area contributed by atoms with Crippen LogP contribution in [0.2, 0.25) is 0 Å². The third kappa shape index (κ3) is 3.64. The summed E-state index contributed by atoms with van der Waals surface area (Å²) in [6.07, 6.45) is 0. The predicted octanol–water partition coefficient (Wildman–Crippen LogP) is 4.82. The molecule has 0 saturated heterocycles. The minimum Gasteiger partial charge on any atom is -0.486 e. The molecule has 0 unspecified atom stereocenters. The largest absolute Gasteiger partial charge is 0.486 e. The number of aromatic nitrogens is 1. The SMILES string of the molecule is CC(C)Sc1ccc(C(=O)Nc2nc3cc4c(cc3s2)OCCO4)cc1. The summed E-state index contributed by atoms with van der Waals surface area (Å²) in [4.78, 5) is 18.1. The lowest BCUT2D eigenvalue weighted by Gasteiger charge is -2.17. The summed E-state index contributed by atoms with van der Waals surface area (Å²) < 4.78 is 12.1. The van der Waals surface area contributed by atoms with Crippen LogP contribution in [0.4, 0.5) is 5.13 Å². The molecule has 0 fully saturated rings. The molecule has 2 aromatic carbocycles. The van der Waals surface area contributed by atoms with Crippen LogP contribution in [0.25, 0.3) is 10.2 Å². The molecular weight excluding hydrogens is 368 g/mol. The van der Waals surface area contributed by atoms with E-state index in [1.54, 1.807) is 11.8 Å². The van der Waals surface area contributed by atoms with Crippen molar-refractivity contribution in [3.05, 3.63) is 42.0 Å². The molecule has 0 spiro atoms. The predicted molar refractivity (Wildman–Crippen MR) is 106 cm³/mol. The first-order chi connectivity index (χ1) is 12.6. The van der Waals surface area contributed by atoms with Gasteiger partial charge in [0.1, 0.15) is 13.2 Å². The zero-order chi connectivity index (χ0) is 18.1. The number of carbonyl (C=O) groups excluding carboxylic acids is 1. The third-order valence-electron chi connectivity index (χ3n) is 3.76. The minimum absolute atomic E-state index is 0.164. The van der Waals surface area contributed by atoms with Gasteiger partial charge < -0.3 is 9.47 Å². The Labute approximate surface area is 159 Å². The van der Waals surface area contributed by atoms with Crippen molar-refractivity contribution in [2.24, 2.45) is 0 Å². The summed E-state index contributed by atoms with van der Waals surface area (Å²) in [7, 11) is 0. The van der Waals surface area contributed by atoms with Gasteiger partial charge in [0.25, 0.3) is 5.91 Å². The van der Waals surface area contributed by atoms with Crippen LogP contribution in [-0.2, 0) is 0 Å². The molecule has 1 N–H and O–H groups in total. The molecule has 0 bridgehead atoms. The number of thiazole rings is 1. The summed E-state index contributed by atoms with van der Waals surface area (Å²) in [5.41, 5.74) is 1.40. The highest BCUT2D eigenvalue weighted by molar-refractivity contribution is 7.99. The highest BCUT2D eigenvalue weighted by Gasteiger charge is 2.16. The van der Waals surface area contributed by atoms with Crippen LogP contribution in [0, 0.1) is 0 Å². The standard InChI is InChI=1S/C19H18N2O3S2/c1-11(2)25-13-5-3-12(4-6-13)18(22)21-19-20-14-9-15-16(10-17(14)26-19)24-8-7-23-15/h3-6,9-11H,7-8H2,1-2H3,(H,20,21,22). The maximum absolute atomic E-state index is 12.5. The van der Waals surface area contributed by atoms with Crippen LogP contribution in [0.15, 0.2) is 41.3 Å². The summed E-state index contributed by atoms with van der Waals surface area (Å²) >= 11 is 3.19. The first-order valence-corrected chi connectivity index (χ1v) is 10.1. The number of nitrogens with one attached hydrogen (secondary N) is 1. The lowest BCUT2D eigenvalue weighted by atomic mass is 10.2. The molecule has 1 amide bonds. The molecule has 0 aliphatic carbocycles. The number of rotatable bonds is 4. The van der Waals surface area contributed by atoms with Crippen molar-refractivity contribution in [3.8, 4) is 11.5 Å². The van der Waals surface area contributed by atoms with Gasteiger partial charge in [0.2, 0.25) is 0 Å². The Hall–Kier alpha value is -2.25. The van der Waals surface area contributed by atoms with Crippen molar-refractivity contribution in [2.75, 3.05) is 18.5 Å². The van der Waals surface area contributed by atoms with Crippen LogP contribution >= 0.6 is 23.1 Å². The number of anilines is 1. The highest BCUT2D eigenvalue weighted by atomic mass is 32.2. The van der Waals surface area contributed by atoms with Gasteiger partial charge in [-0.25, -0.2) is 4.98 Å². The summed E-state index contributed by atoms with van der Waals surface area (Å²) in [6.45, 7) is 5.38. The van der Waals surface area contributed by atoms with E-state index in [9.17, 15) is 4.79 Å². The first-order valence-electron chi connectivity index (χ1n) is 8.37. The number of nitrogens with zero attached hydrogens (tertiary/aromatic N) is 1. The Balaban J connectivity index is 1.52. The number of hydrogen-bond acceptors (Lipinski definition) is 6. The normalized spacial score (nSPS) is 13.2. The fourth-order valence-corrected chi connectivity index (χ4v) is 4.35. The molecule has 1 aliphatic heterocycles. The van der Waals surface area contributed by atoms with Gasteiger partial charge in [-0.1, -0.05) is 25.2 Å². The van der Waals surface area contributed by atoms with Gasteiger partial charge in [0.05, 0.1) is 10.2 Å². The van der Waals surface area contributed by atoms with Crippen LogP contribution in [0.3, 0.4) is 0 Å². The minimum atomic E-state index is -0.164. The van der Waals surface area contributed by atoms with Crippen molar-refractivity contribution >= 4 is 44.4 Å². The molecule has 26 heavy (non-hydrogen) atoms. The number of ether oxygens (including phenoxy) is 2. The van der Waals surface area contributed by atoms with Gasteiger partial charge in [-0.05, 0) is 24.3 Å². The van der Waals surface area contributed by atoms with Gasteiger partial charge in [0.15, 0.2) is 16.6 Å². The summed E-state index contributed by atoms with van der Waals surface area (Å²) in [5, 5.41) is 3.95. The molecular formula is C19H18N2O3S2. The molecule has 4 rings (SSSR count). The van der Waals surface area contributed by atoms with Gasteiger partial charge in [-0.15, -0.1) is 11.8 Å². The summed E-state index contributed by atoms with van der Waals surface area (Å²) in [6, 6.07) is 11.4. The van der Waals surface area contributed by atoms with Crippen molar-refractivity contribution < 1.29 is 14.3 Å². The second-order valence-electron chi connectivity index (χ2n) is 6.13. The zero-order valence-corrected chi connectivity index (χ0v) is 16.1. The average Bonchev–Trinajstić information content (AvgIpc) is 3.00. The maximum atomic E-state index is 12.5. The number of carbonyl (C=O) groups is 1. The Bertz CT molecular complexity index is 908. The van der Waals surface area contributed by atoms with Gasteiger partial charge in [-0.2, -0.15) is 0 Å². The second-order valence-corrected chi connectivity index (χ2v) is 8.81. The van der Waals surface area contributed by atoms with E-state index in [0.29, 0.717) is 34.9 Å². The highest BCUT2D eigenvalue weighted by Crippen LogP contribution is 2.37. The van der Waals surface area contributed by atoms with Crippen molar-refractivity contribution in [1.82, 2.24) is 4.98 Å². The van der Waals surface area contributed by atoms with E-state index in [-0.39, 0.29) is 5.91 Å². The molecule has 1 aromatic heterocycles. The van der Waals surface area contributed by atoms with E-state index in [4.69, 9.17) is 9.47 Å². The van der Waals surface area contributed by atoms with E-state index < -0.39 is 0 Å².